The van der Waals surface area contributed by atoms with Gasteiger partial charge in [-0.25, -0.2) is 0 Å². The fourth-order valence-electron chi connectivity index (χ4n) is 5.80. The van der Waals surface area contributed by atoms with Crippen molar-refractivity contribution in [1.82, 2.24) is 9.97 Å². The number of thiophene rings is 1. The van der Waals surface area contributed by atoms with E-state index >= 15 is 0 Å². The second kappa shape index (κ2) is 14.1. The Balaban J connectivity index is 0.000000200. The summed E-state index contributed by atoms with van der Waals surface area (Å²) in [7, 11) is 0. The first-order valence-electron chi connectivity index (χ1n) is 15.1. The molecule has 3 heterocycles. The van der Waals surface area contributed by atoms with Gasteiger partial charge in [0, 0.05) is 31.0 Å². The number of pyridine rings is 2. The fourth-order valence-corrected chi connectivity index (χ4v) is 9.18. The van der Waals surface area contributed by atoms with E-state index in [0.29, 0.717) is 0 Å². The van der Waals surface area contributed by atoms with E-state index in [2.05, 4.69) is 116 Å². The van der Waals surface area contributed by atoms with Crippen LogP contribution in [0.5, 0.6) is 0 Å². The van der Waals surface area contributed by atoms with E-state index in [1.54, 1.807) is 6.07 Å². The topological polar surface area (TPSA) is 25.8 Å². The van der Waals surface area contributed by atoms with Crippen LogP contribution < -0.4 is 4.40 Å². The van der Waals surface area contributed by atoms with Crippen LogP contribution in [0.3, 0.4) is 0 Å². The molecule has 46 heavy (non-hydrogen) atoms. The third-order valence-corrected chi connectivity index (χ3v) is 13.5. The van der Waals surface area contributed by atoms with Gasteiger partial charge in [0.2, 0.25) is 0 Å². The molecule has 0 saturated carbocycles. The van der Waals surface area contributed by atoms with Crippen molar-refractivity contribution < 1.29 is 24.5 Å². The molecule has 0 aliphatic heterocycles. The fraction of sp³-hybridized carbons (Fsp3) is 0.150. The van der Waals surface area contributed by atoms with Gasteiger partial charge in [0.1, 0.15) is 0 Å². The van der Waals surface area contributed by atoms with Gasteiger partial charge in [-0.1, -0.05) is 47.3 Å². The summed E-state index contributed by atoms with van der Waals surface area (Å²) in [4.78, 5) is 9.15. The molecular weight excluding hydrogens is 824 g/mol. The maximum atomic E-state index is 12.8. The van der Waals surface area contributed by atoms with E-state index in [9.17, 15) is 4.39 Å². The smallest absolute Gasteiger partial charge is 0 e. The average molecular weight is 860 g/mol. The number of aromatic nitrogens is 2. The van der Waals surface area contributed by atoms with Crippen LogP contribution in [0.25, 0.3) is 53.8 Å². The van der Waals surface area contributed by atoms with Gasteiger partial charge < -0.3 is 4.98 Å². The molecule has 0 amide bonds. The van der Waals surface area contributed by atoms with Crippen molar-refractivity contribution in [1.29, 1.82) is 0 Å². The van der Waals surface area contributed by atoms with Crippen molar-refractivity contribution in [2.24, 2.45) is 0 Å². The van der Waals surface area contributed by atoms with Crippen molar-refractivity contribution in [3.05, 3.63) is 138 Å². The number of hydrogen-bond acceptors (Lipinski definition) is 3. The molecule has 0 saturated heterocycles. The van der Waals surface area contributed by atoms with Crippen LogP contribution in [0.4, 0.5) is 4.39 Å². The minimum atomic E-state index is -1.79. The van der Waals surface area contributed by atoms with Crippen molar-refractivity contribution >= 4 is 49.2 Å². The first kappa shape index (κ1) is 33.9. The van der Waals surface area contributed by atoms with Crippen LogP contribution in [0.1, 0.15) is 16.7 Å². The molecule has 0 aliphatic carbocycles. The third kappa shape index (κ3) is 7.24. The molecule has 2 nitrogen and oxygen atoms in total. The number of fused-ring (bicyclic) bond motifs is 3. The van der Waals surface area contributed by atoms with Crippen LogP contribution in [0.15, 0.2) is 103 Å². The van der Waals surface area contributed by atoms with E-state index in [-0.39, 0.29) is 25.9 Å². The Labute approximate surface area is 291 Å². The largest absolute Gasteiger partial charge is 0 e. The molecule has 4 aromatic carbocycles. The summed E-state index contributed by atoms with van der Waals surface area (Å²) in [5.41, 5.74) is 10.2. The summed E-state index contributed by atoms with van der Waals surface area (Å²) >= 11 is 0.0350. The van der Waals surface area contributed by atoms with Gasteiger partial charge >= 0.3 is 104 Å². The number of nitrogens with zero attached hydrogens (tertiary/aromatic N) is 2. The molecule has 0 N–H and O–H groups in total. The summed E-state index contributed by atoms with van der Waals surface area (Å²) in [5.74, 6) is 6.73. The molecule has 3 aromatic heterocycles. The first-order chi connectivity index (χ1) is 21.6. The average Bonchev–Trinajstić information content (AvgIpc) is 3.40. The maximum absolute atomic E-state index is 12.8. The van der Waals surface area contributed by atoms with Gasteiger partial charge in [-0.3, -0.25) is 0 Å². The predicted octanol–water partition coefficient (Wildman–Crippen LogP) is 10.7. The van der Waals surface area contributed by atoms with Crippen LogP contribution in [-0.4, -0.2) is 23.2 Å². The Morgan fingerprint density at radius 1 is 0.761 bits per heavy atom. The molecule has 6 heteroatoms. The Bertz CT molecular complexity index is 2110. The molecule has 0 unspecified atom stereocenters. The monoisotopic (exact) mass is 861 g/mol. The van der Waals surface area contributed by atoms with E-state index in [4.69, 9.17) is 4.98 Å². The van der Waals surface area contributed by atoms with Crippen LogP contribution in [0, 0.1) is 38.7 Å². The second-order valence-corrected chi connectivity index (χ2v) is 24.2. The molecular formula is C40H35FGeIrN2S-2. The van der Waals surface area contributed by atoms with E-state index in [1.165, 1.54) is 64.5 Å². The second-order valence-electron chi connectivity index (χ2n) is 12.5. The molecule has 0 atom stereocenters. The van der Waals surface area contributed by atoms with Crippen LogP contribution in [-0.2, 0) is 20.1 Å². The Hall–Kier alpha value is -3.48. The Morgan fingerprint density at radius 2 is 1.52 bits per heavy atom. The summed E-state index contributed by atoms with van der Waals surface area (Å²) in [6, 6.07) is 36.5. The van der Waals surface area contributed by atoms with Crippen LogP contribution >= 0.6 is 11.3 Å². The molecule has 233 valence electrons. The Kier molecular flexibility index (Phi) is 10.4. The maximum Gasteiger partial charge on any atom is 0 e. The number of rotatable bonds is 4. The molecule has 7 aromatic rings. The quantitative estimate of drug-likeness (QED) is 0.130. The van der Waals surface area contributed by atoms with Crippen LogP contribution in [0.2, 0.25) is 17.3 Å². The van der Waals surface area contributed by atoms with Crippen molar-refractivity contribution in [3.63, 3.8) is 0 Å². The molecule has 0 aliphatic rings. The van der Waals surface area contributed by atoms with Gasteiger partial charge in [-0.15, -0.1) is 23.8 Å². The number of benzene rings is 4. The molecule has 1 radical (unpaired) electrons. The zero-order chi connectivity index (χ0) is 31.7. The summed E-state index contributed by atoms with van der Waals surface area (Å²) in [5, 5.41) is 2.59. The standard InChI is InChI=1S/C26H20NS.C14H15FGeN.Ir/c1-16-13-17(2)25(18(3)14-16)19-11-12-27-23(15-19)22-9-6-8-21-20-7-4-5-10-24(20)28-26(21)22;1-16(2,3)13-8-9-14(17-10-13)11-4-6-12(15)7-5-11;/h4-8,10-15H,1-3H3;4,6-10H,1-3H3;/q2*-1;. The van der Waals surface area contributed by atoms with Gasteiger partial charge in [0.15, 0.2) is 0 Å². The van der Waals surface area contributed by atoms with Crippen molar-refractivity contribution in [2.45, 2.75) is 38.0 Å². The SMILES string of the molecule is Cc1cc(C)c(-c2ccnc(-c3[c-]ccc4c3sc3ccccc34)c2)c(C)c1.[CH3][Ge]([CH3])([CH3])[c]1ccc(-c2[c-]cc(F)cc2)nc1.[Ir]. The molecule has 0 bridgehead atoms. The summed E-state index contributed by atoms with van der Waals surface area (Å²) in [6.45, 7) is 6.53. The van der Waals surface area contributed by atoms with Gasteiger partial charge in [0.25, 0.3) is 0 Å². The van der Waals surface area contributed by atoms with Crippen molar-refractivity contribution in [2.75, 3.05) is 0 Å². The van der Waals surface area contributed by atoms with Gasteiger partial charge in [0.05, 0.1) is 0 Å². The van der Waals surface area contributed by atoms with E-state index in [0.717, 1.165) is 22.5 Å². The summed E-state index contributed by atoms with van der Waals surface area (Å²) in [6.07, 6.45) is 3.87. The number of hydrogen-bond donors (Lipinski definition) is 0. The normalized spacial score (nSPS) is 11.2. The minimum absolute atomic E-state index is 0. The zero-order valence-electron chi connectivity index (χ0n) is 26.8. The predicted molar refractivity (Wildman–Crippen MR) is 192 cm³/mol. The van der Waals surface area contributed by atoms with Crippen molar-refractivity contribution in [3.8, 4) is 33.6 Å². The third-order valence-electron chi connectivity index (χ3n) is 8.00. The summed E-state index contributed by atoms with van der Waals surface area (Å²) < 4.78 is 16.7. The molecule has 0 fully saturated rings. The minimum Gasteiger partial charge on any atom is 0 e. The van der Waals surface area contributed by atoms with Gasteiger partial charge in [-0.2, -0.15) is 11.3 Å². The number of halogens is 1. The Morgan fingerprint density at radius 3 is 2.20 bits per heavy atom. The molecule has 7 rings (SSSR count). The molecule has 0 spiro atoms. The van der Waals surface area contributed by atoms with E-state index < -0.39 is 13.3 Å². The van der Waals surface area contributed by atoms with E-state index in [1.807, 2.05) is 35.9 Å². The first-order valence-corrected chi connectivity index (χ1v) is 23.3. The van der Waals surface area contributed by atoms with Gasteiger partial charge in [-0.05, 0) is 70.9 Å². The number of aryl methyl sites for hydroxylation is 3. The zero-order valence-corrected chi connectivity index (χ0v) is 32.1.